The van der Waals surface area contributed by atoms with Crippen LogP contribution < -0.4 is 4.74 Å². The molecule has 0 saturated carbocycles. The molecule has 0 atom stereocenters. The van der Waals surface area contributed by atoms with Crippen molar-refractivity contribution >= 4 is 0 Å². The first-order valence-corrected chi connectivity index (χ1v) is 5.01. The van der Waals surface area contributed by atoms with Crippen molar-refractivity contribution in [2.75, 3.05) is 19.8 Å². The van der Waals surface area contributed by atoms with Crippen LogP contribution in [-0.2, 0) is 0 Å². The molecule has 1 rings (SSSR count). The van der Waals surface area contributed by atoms with Crippen molar-refractivity contribution in [3.05, 3.63) is 29.8 Å². The Kier molecular flexibility index (Phi) is 4.12. The highest BCUT2D eigenvalue weighted by molar-refractivity contribution is 5.27. The summed E-state index contributed by atoms with van der Waals surface area (Å²) >= 11 is 0. The molecule has 3 heteroatoms. The van der Waals surface area contributed by atoms with Crippen LogP contribution in [-0.4, -0.2) is 30.0 Å². The lowest BCUT2D eigenvalue weighted by Gasteiger charge is -2.24. The Morgan fingerprint density at radius 2 is 1.93 bits per heavy atom. The van der Waals surface area contributed by atoms with Crippen LogP contribution in [0.4, 0.5) is 0 Å². The number of benzene rings is 1. The lowest BCUT2D eigenvalue weighted by Crippen LogP contribution is -2.32. The molecule has 0 aromatic heterocycles. The molecule has 0 spiro atoms. The fourth-order valence-electron chi connectivity index (χ4n) is 1.10. The highest BCUT2D eigenvalue weighted by Crippen LogP contribution is 2.18. The van der Waals surface area contributed by atoms with Gasteiger partial charge in [-0.25, -0.2) is 0 Å². The van der Waals surface area contributed by atoms with Crippen LogP contribution >= 0.6 is 0 Å². The molecule has 0 amide bonds. The van der Waals surface area contributed by atoms with E-state index in [9.17, 15) is 0 Å². The van der Waals surface area contributed by atoms with Crippen LogP contribution in [0.15, 0.2) is 24.3 Å². The first-order chi connectivity index (χ1) is 7.09. The normalized spacial score (nSPS) is 11.5. The minimum atomic E-state index is -0.580. The minimum Gasteiger partial charge on any atom is -0.493 e. The molecule has 0 heterocycles. The van der Waals surface area contributed by atoms with E-state index in [-0.39, 0.29) is 13.2 Å². The molecule has 0 aliphatic rings. The Labute approximate surface area is 90.3 Å². The molecule has 0 radical (unpaired) electrons. The van der Waals surface area contributed by atoms with Crippen molar-refractivity contribution in [1.82, 2.24) is 0 Å². The van der Waals surface area contributed by atoms with Gasteiger partial charge in [0.15, 0.2) is 0 Å². The molecule has 1 aromatic rings. The predicted octanol–water partition coefficient (Wildman–Crippen LogP) is 1.36. The van der Waals surface area contributed by atoms with Gasteiger partial charge in [-0.05, 0) is 24.6 Å². The summed E-state index contributed by atoms with van der Waals surface area (Å²) in [6, 6.07) is 7.70. The number of hydrogen-bond acceptors (Lipinski definition) is 3. The van der Waals surface area contributed by atoms with Crippen LogP contribution in [0, 0.1) is 12.3 Å². The van der Waals surface area contributed by atoms with E-state index in [1.54, 1.807) is 6.92 Å². The Balaban J connectivity index is 2.56. The zero-order valence-corrected chi connectivity index (χ0v) is 9.23. The number of rotatable bonds is 5. The topological polar surface area (TPSA) is 49.7 Å². The lowest BCUT2D eigenvalue weighted by atomic mass is 9.94. The third-order valence-electron chi connectivity index (χ3n) is 2.34. The van der Waals surface area contributed by atoms with Crippen LogP contribution in [0.5, 0.6) is 5.75 Å². The van der Waals surface area contributed by atoms with E-state index < -0.39 is 5.41 Å². The first-order valence-electron chi connectivity index (χ1n) is 5.01. The summed E-state index contributed by atoms with van der Waals surface area (Å²) in [5, 5.41) is 18.2. The van der Waals surface area contributed by atoms with Gasteiger partial charge in [0, 0.05) is 5.41 Å². The van der Waals surface area contributed by atoms with Crippen LogP contribution in [0.1, 0.15) is 12.5 Å². The van der Waals surface area contributed by atoms with Gasteiger partial charge in [0.1, 0.15) is 5.75 Å². The molecular weight excluding hydrogens is 192 g/mol. The monoisotopic (exact) mass is 210 g/mol. The summed E-state index contributed by atoms with van der Waals surface area (Å²) < 4.78 is 5.51. The predicted molar refractivity (Wildman–Crippen MR) is 59.0 cm³/mol. The molecule has 0 fully saturated rings. The van der Waals surface area contributed by atoms with E-state index in [1.165, 1.54) is 0 Å². The highest BCUT2D eigenvalue weighted by atomic mass is 16.5. The Bertz CT molecular complexity index is 305. The summed E-state index contributed by atoms with van der Waals surface area (Å²) in [5.74, 6) is 0.767. The van der Waals surface area contributed by atoms with Crippen molar-refractivity contribution in [2.45, 2.75) is 13.8 Å². The lowest BCUT2D eigenvalue weighted by molar-refractivity contribution is 0.0287. The first kappa shape index (κ1) is 12.0. The largest absolute Gasteiger partial charge is 0.493 e. The van der Waals surface area contributed by atoms with Crippen molar-refractivity contribution in [1.29, 1.82) is 0 Å². The molecule has 84 valence electrons. The zero-order chi connectivity index (χ0) is 11.3. The standard InChI is InChI=1S/C12H18O3/c1-10-4-3-5-11(6-10)15-9-12(2,7-13)8-14/h3-6,13-14H,7-9H2,1-2H3. The molecule has 15 heavy (non-hydrogen) atoms. The van der Waals surface area contributed by atoms with E-state index in [1.807, 2.05) is 31.2 Å². The smallest absolute Gasteiger partial charge is 0.119 e. The van der Waals surface area contributed by atoms with Gasteiger partial charge in [-0.2, -0.15) is 0 Å². The summed E-state index contributed by atoms with van der Waals surface area (Å²) in [5.41, 5.74) is 0.547. The van der Waals surface area contributed by atoms with E-state index in [0.717, 1.165) is 11.3 Å². The Morgan fingerprint density at radius 1 is 1.27 bits per heavy atom. The zero-order valence-electron chi connectivity index (χ0n) is 9.23. The average molecular weight is 210 g/mol. The molecule has 1 aromatic carbocycles. The van der Waals surface area contributed by atoms with Gasteiger partial charge in [-0.15, -0.1) is 0 Å². The Morgan fingerprint density at radius 3 is 2.47 bits per heavy atom. The number of aliphatic hydroxyl groups is 2. The number of aliphatic hydroxyl groups excluding tert-OH is 2. The second-order valence-corrected chi connectivity index (χ2v) is 4.23. The van der Waals surface area contributed by atoms with Crippen LogP contribution in [0.2, 0.25) is 0 Å². The van der Waals surface area contributed by atoms with Crippen molar-refractivity contribution < 1.29 is 14.9 Å². The van der Waals surface area contributed by atoms with Gasteiger partial charge in [0.25, 0.3) is 0 Å². The molecule has 0 unspecified atom stereocenters. The second-order valence-electron chi connectivity index (χ2n) is 4.23. The summed E-state index contributed by atoms with van der Waals surface area (Å²) in [6.07, 6.45) is 0. The third kappa shape index (κ3) is 3.53. The SMILES string of the molecule is Cc1cccc(OCC(C)(CO)CO)c1. The fraction of sp³-hybridized carbons (Fsp3) is 0.500. The summed E-state index contributed by atoms with van der Waals surface area (Å²) in [7, 11) is 0. The van der Waals surface area contributed by atoms with Gasteiger partial charge in [-0.3, -0.25) is 0 Å². The fourth-order valence-corrected chi connectivity index (χ4v) is 1.10. The third-order valence-corrected chi connectivity index (χ3v) is 2.34. The van der Waals surface area contributed by atoms with E-state index in [0.29, 0.717) is 6.61 Å². The van der Waals surface area contributed by atoms with E-state index >= 15 is 0 Å². The molecule has 0 saturated heterocycles. The van der Waals surface area contributed by atoms with Crippen LogP contribution in [0.25, 0.3) is 0 Å². The van der Waals surface area contributed by atoms with Gasteiger partial charge in [0.05, 0.1) is 19.8 Å². The molecule has 0 aliphatic heterocycles. The molecule has 0 aliphatic carbocycles. The summed E-state index contributed by atoms with van der Waals surface area (Å²) in [6.45, 7) is 3.90. The van der Waals surface area contributed by atoms with Gasteiger partial charge >= 0.3 is 0 Å². The number of aryl methyl sites for hydroxylation is 1. The maximum Gasteiger partial charge on any atom is 0.119 e. The van der Waals surface area contributed by atoms with Gasteiger partial charge < -0.3 is 14.9 Å². The molecule has 3 nitrogen and oxygen atoms in total. The average Bonchev–Trinajstić information content (AvgIpc) is 2.26. The van der Waals surface area contributed by atoms with Crippen molar-refractivity contribution in [2.24, 2.45) is 5.41 Å². The van der Waals surface area contributed by atoms with E-state index in [4.69, 9.17) is 14.9 Å². The minimum absolute atomic E-state index is 0.0880. The quantitative estimate of drug-likeness (QED) is 0.771. The van der Waals surface area contributed by atoms with Gasteiger partial charge in [-0.1, -0.05) is 19.1 Å². The number of ether oxygens (including phenoxy) is 1. The van der Waals surface area contributed by atoms with Crippen molar-refractivity contribution in [3.63, 3.8) is 0 Å². The van der Waals surface area contributed by atoms with Gasteiger partial charge in [0.2, 0.25) is 0 Å². The van der Waals surface area contributed by atoms with Crippen molar-refractivity contribution in [3.8, 4) is 5.75 Å². The highest BCUT2D eigenvalue weighted by Gasteiger charge is 2.23. The Hall–Kier alpha value is -1.06. The maximum absolute atomic E-state index is 9.08. The maximum atomic E-state index is 9.08. The van der Waals surface area contributed by atoms with Crippen LogP contribution in [0.3, 0.4) is 0 Å². The molecular formula is C12H18O3. The number of hydrogen-bond donors (Lipinski definition) is 2. The second kappa shape index (κ2) is 5.14. The molecule has 0 bridgehead atoms. The molecule has 2 N–H and O–H groups in total. The summed E-state index contributed by atoms with van der Waals surface area (Å²) in [4.78, 5) is 0. The van der Waals surface area contributed by atoms with E-state index in [2.05, 4.69) is 0 Å².